The first-order chi connectivity index (χ1) is 11.6. The van der Waals surface area contributed by atoms with Crippen LogP contribution < -0.4 is 0 Å². The molecule has 118 valence electrons. The van der Waals surface area contributed by atoms with Gasteiger partial charge in [-0.15, -0.1) is 0 Å². The molecule has 0 aromatic heterocycles. The third-order valence-corrected chi connectivity index (χ3v) is 4.31. The van der Waals surface area contributed by atoms with Crippen molar-refractivity contribution in [1.29, 1.82) is 0 Å². The highest BCUT2D eigenvalue weighted by Crippen LogP contribution is 2.25. The van der Waals surface area contributed by atoms with Gasteiger partial charge in [0.25, 0.3) is 0 Å². The molecule has 0 N–H and O–H groups in total. The fraction of sp³-hybridized carbons (Fsp3) is 0. The monoisotopic (exact) mass is 354 g/mol. The van der Waals surface area contributed by atoms with Gasteiger partial charge in [0.05, 0.1) is 10.0 Å². The first-order valence-electron chi connectivity index (χ1n) is 7.27. The molecule has 4 heteroatoms. The highest BCUT2D eigenvalue weighted by Gasteiger charge is 2.21. The Labute approximate surface area is 149 Å². The van der Waals surface area contributed by atoms with E-state index in [-0.39, 0.29) is 11.6 Å². The molecule has 0 bridgehead atoms. The van der Waals surface area contributed by atoms with Crippen LogP contribution in [-0.2, 0) is 0 Å². The zero-order chi connectivity index (χ0) is 17.1. The molecule has 0 aliphatic carbocycles. The van der Waals surface area contributed by atoms with Crippen LogP contribution in [-0.4, -0.2) is 11.6 Å². The predicted molar refractivity (Wildman–Crippen MR) is 96.2 cm³/mol. The average Bonchev–Trinajstić information content (AvgIpc) is 2.61. The molecule has 3 aromatic rings. The molecule has 2 nitrogen and oxygen atoms in total. The molecular formula is C20H12Cl2O2. The van der Waals surface area contributed by atoms with Gasteiger partial charge in [0, 0.05) is 22.3 Å². The number of ketones is 2. The van der Waals surface area contributed by atoms with Crippen LogP contribution in [0.3, 0.4) is 0 Å². The summed E-state index contributed by atoms with van der Waals surface area (Å²) >= 11 is 12.2. The molecule has 0 unspecified atom stereocenters. The lowest BCUT2D eigenvalue weighted by molar-refractivity contribution is 0.100. The summed E-state index contributed by atoms with van der Waals surface area (Å²) in [5, 5.41) is 0.699. The lowest BCUT2D eigenvalue weighted by Crippen LogP contribution is -2.11. The van der Waals surface area contributed by atoms with Gasteiger partial charge in [0.15, 0.2) is 11.6 Å². The van der Waals surface area contributed by atoms with Crippen molar-refractivity contribution in [2.45, 2.75) is 0 Å². The number of benzene rings is 3. The van der Waals surface area contributed by atoms with Crippen LogP contribution in [0.5, 0.6) is 0 Å². The van der Waals surface area contributed by atoms with Crippen LogP contribution >= 0.6 is 23.2 Å². The Hall–Kier alpha value is -2.42. The minimum atomic E-state index is -0.295. The van der Waals surface area contributed by atoms with E-state index in [1.807, 2.05) is 0 Å². The van der Waals surface area contributed by atoms with E-state index in [4.69, 9.17) is 23.2 Å². The predicted octanol–water partition coefficient (Wildman–Crippen LogP) is 5.46. The van der Waals surface area contributed by atoms with Gasteiger partial charge in [-0.2, -0.15) is 0 Å². The molecule has 0 aliphatic rings. The Kier molecular flexibility index (Phi) is 4.79. The van der Waals surface area contributed by atoms with Crippen molar-refractivity contribution in [2.75, 3.05) is 0 Å². The van der Waals surface area contributed by atoms with Crippen molar-refractivity contribution >= 4 is 34.8 Å². The molecule has 0 saturated heterocycles. The zero-order valence-corrected chi connectivity index (χ0v) is 14.0. The lowest BCUT2D eigenvalue weighted by Gasteiger charge is -2.10. The van der Waals surface area contributed by atoms with Crippen molar-refractivity contribution in [3.05, 3.63) is 105 Å². The fourth-order valence-electron chi connectivity index (χ4n) is 2.46. The third kappa shape index (κ3) is 3.12. The molecule has 0 atom stereocenters. The highest BCUT2D eigenvalue weighted by atomic mass is 35.5. The molecule has 0 heterocycles. The second-order valence-electron chi connectivity index (χ2n) is 5.16. The Bertz CT molecular complexity index is 856. The molecular weight excluding hydrogens is 343 g/mol. The van der Waals surface area contributed by atoms with Crippen molar-refractivity contribution in [3.63, 3.8) is 0 Å². The van der Waals surface area contributed by atoms with Gasteiger partial charge in [0.1, 0.15) is 0 Å². The molecule has 0 aliphatic heterocycles. The Morgan fingerprint density at radius 1 is 0.500 bits per heavy atom. The topological polar surface area (TPSA) is 34.1 Å². The van der Waals surface area contributed by atoms with Crippen LogP contribution in [0.2, 0.25) is 10.0 Å². The standard InChI is InChI=1S/C20H12Cl2O2/c21-17-11-5-3-9-15(17)19(23)13-7-1-2-8-14(13)20(24)16-10-4-6-12-18(16)22/h1-12H. The van der Waals surface area contributed by atoms with Gasteiger partial charge in [-0.1, -0.05) is 71.7 Å². The first-order valence-corrected chi connectivity index (χ1v) is 8.02. The largest absolute Gasteiger partial charge is 0.289 e. The molecule has 24 heavy (non-hydrogen) atoms. The summed E-state index contributed by atoms with van der Waals surface area (Å²) in [6.07, 6.45) is 0. The van der Waals surface area contributed by atoms with E-state index >= 15 is 0 Å². The van der Waals surface area contributed by atoms with Gasteiger partial charge in [0.2, 0.25) is 0 Å². The van der Waals surface area contributed by atoms with Crippen LogP contribution in [0.15, 0.2) is 72.8 Å². The minimum Gasteiger partial charge on any atom is -0.289 e. The third-order valence-electron chi connectivity index (χ3n) is 3.65. The molecule has 0 amide bonds. The van der Waals surface area contributed by atoms with Gasteiger partial charge in [-0.25, -0.2) is 0 Å². The summed E-state index contributed by atoms with van der Waals surface area (Å²) in [5.74, 6) is -0.590. The summed E-state index contributed by atoms with van der Waals surface area (Å²) in [6, 6.07) is 20.2. The van der Waals surface area contributed by atoms with E-state index in [2.05, 4.69) is 0 Å². The first kappa shape index (κ1) is 16.4. The Morgan fingerprint density at radius 2 is 0.792 bits per heavy atom. The maximum Gasteiger partial charge on any atom is 0.195 e. The number of hydrogen-bond acceptors (Lipinski definition) is 2. The summed E-state index contributed by atoms with van der Waals surface area (Å²) in [7, 11) is 0. The Balaban J connectivity index is 2.09. The quantitative estimate of drug-likeness (QED) is 0.583. The van der Waals surface area contributed by atoms with Crippen molar-refractivity contribution < 1.29 is 9.59 Å². The molecule has 0 radical (unpaired) electrons. The number of rotatable bonds is 4. The van der Waals surface area contributed by atoms with Crippen molar-refractivity contribution in [2.24, 2.45) is 0 Å². The second-order valence-corrected chi connectivity index (χ2v) is 5.98. The smallest absolute Gasteiger partial charge is 0.195 e. The van der Waals surface area contributed by atoms with Gasteiger partial charge < -0.3 is 0 Å². The van der Waals surface area contributed by atoms with Gasteiger partial charge in [-0.3, -0.25) is 9.59 Å². The second kappa shape index (κ2) is 7.00. The van der Waals surface area contributed by atoms with E-state index in [0.29, 0.717) is 32.3 Å². The van der Waals surface area contributed by atoms with E-state index in [0.717, 1.165) is 0 Å². The van der Waals surface area contributed by atoms with Crippen molar-refractivity contribution in [3.8, 4) is 0 Å². The molecule has 3 rings (SSSR count). The van der Waals surface area contributed by atoms with Crippen LogP contribution in [0.25, 0.3) is 0 Å². The van der Waals surface area contributed by atoms with E-state index in [1.54, 1.807) is 72.8 Å². The number of carbonyl (C=O) groups excluding carboxylic acids is 2. The normalized spacial score (nSPS) is 10.4. The maximum absolute atomic E-state index is 12.8. The van der Waals surface area contributed by atoms with E-state index < -0.39 is 0 Å². The lowest BCUT2D eigenvalue weighted by atomic mass is 9.93. The minimum absolute atomic E-state index is 0.295. The number of halogens is 2. The maximum atomic E-state index is 12.8. The van der Waals surface area contributed by atoms with Gasteiger partial charge >= 0.3 is 0 Å². The SMILES string of the molecule is O=C(c1ccccc1Cl)c1ccccc1C(=O)c1ccccc1Cl. The molecule has 0 spiro atoms. The molecule has 0 saturated carbocycles. The van der Waals surface area contributed by atoms with Crippen LogP contribution in [0, 0.1) is 0 Å². The number of carbonyl (C=O) groups is 2. The van der Waals surface area contributed by atoms with Crippen LogP contribution in [0.4, 0.5) is 0 Å². The highest BCUT2D eigenvalue weighted by molar-refractivity contribution is 6.37. The molecule has 3 aromatic carbocycles. The van der Waals surface area contributed by atoms with Crippen molar-refractivity contribution in [1.82, 2.24) is 0 Å². The summed E-state index contributed by atoms with van der Waals surface area (Å²) in [5.41, 5.74) is 1.32. The van der Waals surface area contributed by atoms with E-state index in [1.165, 1.54) is 0 Å². The van der Waals surface area contributed by atoms with E-state index in [9.17, 15) is 9.59 Å². The summed E-state index contributed by atoms with van der Waals surface area (Å²) < 4.78 is 0. The Morgan fingerprint density at radius 3 is 1.12 bits per heavy atom. The zero-order valence-electron chi connectivity index (χ0n) is 12.5. The van der Waals surface area contributed by atoms with Gasteiger partial charge in [-0.05, 0) is 24.3 Å². The number of hydrogen-bond donors (Lipinski definition) is 0. The fourth-order valence-corrected chi connectivity index (χ4v) is 2.90. The summed E-state index contributed by atoms with van der Waals surface area (Å²) in [6.45, 7) is 0. The van der Waals surface area contributed by atoms with Crippen LogP contribution in [0.1, 0.15) is 31.8 Å². The summed E-state index contributed by atoms with van der Waals surface area (Å²) in [4.78, 5) is 25.7. The average molecular weight is 355 g/mol. The molecule has 0 fully saturated rings.